The van der Waals surface area contributed by atoms with Gasteiger partial charge in [0.05, 0.1) is 18.2 Å². The fourth-order valence-corrected chi connectivity index (χ4v) is 4.69. The molecule has 1 N–H and O–H groups in total. The van der Waals surface area contributed by atoms with E-state index >= 15 is 0 Å². The SMILES string of the molecule is O=C(C=Cc1ccc(Br)o1)Nc1ccc(Cl)c(S(=O)(=O)N2CCOCC2)c1. The second-order valence-electron chi connectivity index (χ2n) is 5.63. The van der Waals surface area contributed by atoms with Gasteiger partial charge in [0, 0.05) is 24.9 Å². The fraction of sp³-hybridized carbons (Fsp3) is 0.235. The van der Waals surface area contributed by atoms with Gasteiger partial charge in [-0.1, -0.05) is 11.6 Å². The third-order valence-corrected chi connectivity index (χ3v) is 6.59. The van der Waals surface area contributed by atoms with Gasteiger partial charge < -0.3 is 14.5 Å². The number of furan rings is 1. The van der Waals surface area contributed by atoms with E-state index in [4.69, 9.17) is 20.8 Å². The predicted molar refractivity (Wildman–Crippen MR) is 105 cm³/mol. The molecule has 1 aromatic carbocycles. The van der Waals surface area contributed by atoms with E-state index in [1.807, 2.05) is 0 Å². The highest BCUT2D eigenvalue weighted by molar-refractivity contribution is 9.10. The molecule has 3 rings (SSSR count). The molecule has 0 aliphatic carbocycles. The second kappa shape index (κ2) is 8.57. The number of carbonyl (C=O) groups excluding carboxylic acids is 1. The van der Waals surface area contributed by atoms with Gasteiger partial charge in [0.2, 0.25) is 15.9 Å². The summed E-state index contributed by atoms with van der Waals surface area (Å²) in [6.45, 7) is 1.19. The highest BCUT2D eigenvalue weighted by atomic mass is 79.9. The van der Waals surface area contributed by atoms with Crippen molar-refractivity contribution in [1.29, 1.82) is 0 Å². The van der Waals surface area contributed by atoms with Crippen LogP contribution >= 0.6 is 27.5 Å². The van der Waals surface area contributed by atoms with Gasteiger partial charge in [-0.2, -0.15) is 4.31 Å². The van der Waals surface area contributed by atoms with E-state index in [1.54, 1.807) is 12.1 Å². The smallest absolute Gasteiger partial charge is 0.248 e. The van der Waals surface area contributed by atoms with Crippen LogP contribution in [0.3, 0.4) is 0 Å². The zero-order valence-electron chi connectivity index (χ0n) is 14.0. The van der Waals surface area contributed by atoms with Crippen LogP contribution < -0.4 is 5.32 Å². The molecule has 0 atom stereocenters. The minimum Gasteiger partial charge on any atom is -0.450 e. The first kappa shape index (κ1) is 20.1. The van der Waals surface area contributed by atoms with E-state index in [-0.39, 0.29) is 23.0 Å². The van der Waals surface area contributed by atoms with Crippen molar-refractivity contribution in [3.8, 4) is 0 Å². The molecule has 27 heavy (non-hydrogen) atoms. The highest BCUT2D eigenvalue weighted by Crippen LogP contribution is 2.28. The summed E-state index contributed by atoms with van der Waals surface area (Å²) >= 11 is 9.28. The number of nitrogens with one attached hydrogen (secondary N) is 1. The molecule has 0 bridgehead atoms. The molecule has 1 saturated heterocycles. The van der Waals surface area contributed by atoms with Crippen LogP contribution in [-0.4, -0.2) is 44.9 Å². The van der Waals surface area contributed by atoms with Crippen LogP contribution in [0, 0.1) is 0 Å². The molecular weight excluding hydrogens is 460 g/mol. The molecule has 0 saturated carbocycles. The second-order valence-corrected chi connectivity index (χ2v) is 8.72. The lowest BCUT2D eigenvalue weighted by molar-refractivity contribution is -0.111. The summed E-state index contributed by atoms with van der Waals surface area (Å²) < 4.78 is 37.9. The molecule has 0 spiro atoms. The van der Waals surface area contributed by atoms with Crippen molar-refractivity contribution in [2.24, 2.45) is 0 Å². The number of ether oxygens (including phenoxy) is 1. The molecule has 2 heterocycles. The van der Waals surface area contributed by atoms with Crippen LogP contribution in [-0.2, 0) is 19.6 Å². The maximum Gasteiger partial charge on any atom is 0.248 e. The van der Waals surface area contributed by atoms with Gasteiger partial charge in [0.25, 0.3) is 0 Å². The molecule has 1 amide bonds. The molecule has 0 unspecified atom stereocenters. The summed E-state index contributed by atoms with van der Waals surface area (Å²) in [6.07, 6.45) is 2.79. The standard InChI is InChI=1S/C17H16BrClN2O5S/c18-16-5-2-13(26-16)3-6-17(22)20-12-1-4-14(19)15(11-12)27(23,24)21-7-9-25-10-8-21/h1-6,11H,7-10H2,(H,20,22). The number of benzene rings is 1. The van der Waals surface area contributed by atoms with Gasteiger partial charge in [-0.15, -0.1) is 0 Å². The average molecular weight is 476 g/mol. The van der Waals surface area contributed by atoms with E-state index in [9.17, 15) is 13.2 Å². The number of amides is 1. The van der Waals surface area contributed by atoms with Crippen molar-refractivity contribution in [3.05, 3.63) is 51.9 Å². The lowest BCUT2D eigenvalue weighted by Crippen LogP contribution is -2.40. The Morgan fingerprint density at radius 3 is 2.63 bits per heavy atom. The van der Waals surface area contributed by atoms with E-state index in [0.717, 1.165) is 0 Å². The number of hydrogen-bond acceptors (Lipinski definition) is 5. The third kappa shape index (κ3) is 4.99. The molecule has 2 aromatic rings. The fourth-order valence-electron chi connectivity index (χ4n) is 2.46. The van der Waals surface area contributed by atoms with Crippen LogP contribution in [0.25, 0.3) is 6.08 Å². The maximum atomic E-state index is 12.8. The molecule has 1 aliphatic rings. The van der Waals surface area contributed by atoms with Crippen molar-refractivity contribution < 1.29 is 22.4 Å². The summed E-state index contributed by atoms with van der Waals surface area (Å²) in [5, 5.41) is 2.71. The Balaban J connectivity index is 1.76. The third-order valence-electron chi connectivity index (χ3n) is 3.78. The van der Waals surface area contributed by atoms with E-state index in [0.29, 0.717) is 29.3 Å². The van der Waals surface area contributed by atoms with Crippen molar-refractivity contribution in [1.82, 2.24) is 4.31 Å². The highest BCUT2D eigenvalue weighted by Gasteiger charge is 2.28. The molecule has 144 valence electrons. The number of carbonyl (C=O) groups is 1. The Labute approximate surface area is 170 Å². The first-order chi connectivity index (χ1) is 12.9. The van der Waals surface area contributed by atoms with Crippen LogP contribution in [0.5, 0.6) is 0 Å². The number of anilines is 1. The van der Waals surface area contributed by atoms with Crippen LogP contribution in [0.2, 0.25) is 5.02 Å². The van der Waals surface area contributed by atoms with Crippen LogP contribution in [0.15, 0.2) is 50.4 Å². The van der Waals surface area contributed by atoms with E-state index in [2.05, 4.69) is 21.2 Å². The van der Waals surface area contributed by atoms with Crippen molar-refractivity contribution in [2.75, 3.05) is 31.6 Å². The molecule has 0 radical (unpaired) electrons. The van der Waals surface area contributed by atoms with Crippen molar-refractivity contribution >= 4 is 55.2 Å². The summed E-state index contributed by atoms with van der Waals surface area (Å²) in [7, 11) is -3.77. The van der Waals surface area contributed by atoms with Crippen LogP contribution in [0.1, 0.15) is 5.76 Å². The van der Waals surface area contributed by atoms with Gasteiger partial charge in [0.15, 0.2) is 4.67 Å². The normalized spacial score (nSPS) is 15.9. The number of morpholine rings is 1. The van der Waals surface area contributed by atoms with Gasteiger partial charge >= 0.3 is 0 Å². The maximum absolute atomic E-state index is 12.8. The lowest BCUT2D eigenvalue weighted by Gasteiger charge is -2.26. The zero-order valence-corrected chi connectivity index (χ0v) is 17.2. The number of rotatable bonds is 5. The summed E-state index contributed by atoms with van der Waals surface area (Å²) in [6, 6.07) is 7.73. The monoisotopic (exact) mass is 474 g/mol. The average Bonchev–Trinajstić information content (AvgIpc) is 3.07. The largest absolute Gasteiger partial charge is 0.450 e. The van der Waals surface area contributed by atoms with Gasteiger partial charge in [0.1, 0.15) is 10.7 Å². The van der Waals surface area contributed by atoms with E-state index < -0.39 is 15.9 Å². The first-order valence-electron chi connectivity index (χ1n) is 7.98. The Kier molecular flexibility index (Phi) is 6.38. The number of hydrogen-bond donors (Lipinski definition) is 1. The Bertz CT molecular complexity index is 967. The quantitative estimate of drug-likeness (QED) is 0.670. The Morgan fingerprint density at radius 2 is 1.96 bits per heavy atom. The zero-order chi connectivity index (χ0) is 19.4. The number of nitrogens with zero attached hydrogens (tertiary/aromatic N) is 1. The number of halogens is 2. The Hall–Kier alpha value is -1.65. The van der Waals surface area contributed by atoms with Gasteiger partial charge in [-0.25, -0.2) is 8.42 Å². The van der Waals surface area contributed by atoms with Gasteiger partial charge in [-0.3, -0.25) is 4.79 Å². The molecule has 10 heteroatoms. The van der Waals surface area contributed by atoms with Crippen LogP contribution in [0.4, 0.5) is 5.69 Å². The minimum atomic E-state index is -3.77. The predicted octanol–water partition coefficient (Wildman–Crippen LogP) is 3.37. The van der Waals surface area contributed by atoms with Crippen molar-refractivity contribution in [2.45, 2.75) is 4.90 Å². The molecule has 7 nitrogen and oxygen atoms in total. The molecule has 1 aliphatic heterocycles. The summed E-state index contributed by atoms with van der Waals surface area (Å²) in [5.41, 5.74) is 0.321. The molecular formula is C17H16BrClN2O5S. The van der Waals surface area contributed by atoms with E-state index in [1.165, 1.54) is 34.7 Å². The lowest BCUT2D eigenvalue weighted by atomic mass is 10.3. The molecule has 1 fully saturated rings. The molecule has 1 aromatic heterocycles. The van der Waals surface area contributed by atoms with Crippen molar-refractivity contribution in [3.63, 3.8) is 0 Å². The first-order valence-corrected chi connectivity index (χ1v) is 10.6. The Morgan fingerprint density at radius 1 is 1.22 bits per heavy atom. The summed E-state index contributed by atoms with van der Waals surface area (Å²) in [4.78, 5) is 12.0. The summed E-state index contributed by atoms with van der Waals surface area (Å²) in [5.74, 6) is 0.0725. The van der Waals surface area contributed by atoms with Gasteiger partial charge in [-0.05, 0) is 52.3 Å². The minimum absolute atomic E-state index is 0.0530. The topological polar surface area (TPSA) is 88.8 Å². The number of sulfonamides is 1.